The molecular weight excluding hydrogens is 650 g/mol. The number of carboxylic acid groups (broad SMARTS) is 1. The highest BCUT2D eigenvalue weighted by molar-refractivity contribution is 5.70. The van der Waals surface area contributed by atoms with Crippen molar-refractivity contribution >= 4 is 11.8 Å². The highest BCUT2D eigenvalue weighted by atomic mass is 16.4. The second kappa shape index (κ2) is 19.6. The maximum atomic E-state index is 12.3. The second-order valence-electron chi connectivity index (χ2n) is 16.0. The molecule has 0 unspecified atom stereocenters. The standard InChI is InChI=1S/C44H62N3O5/c1-2-3-6-11-32-16-17-35(41(49)27-32)14-9-5-10-15-39(43(50)51)40(48)20-22-44(52)30-34(24-33-21-23-46-42(45)28-33)25-36(44)29-38-19-18-37(47-38)26-31-12-7-4-8-13-31/h4,7-8,12-13,16-19,21,23,28,32,34-36,39-41,48-49,52H,2-3,5-6,9-11,14-15,20,22,24-27,29-30H2,1H3,(H2,45,46)(H,50,51)/q-1/t32-,34-,35-,36+,39+,40-,41-,44+/m1/s1. The van der Waals surface area contributed by atoms with Crippen LogP contribution in [0.4, 0.5) is 5.82 Å². The van der Waals surface area contributed by atoms with Crippen molar-refractivity contribution in [3.63, 3.8) is 0 Å². The number of allylic oxidation sites excluding steroid dienone is 1. The Bertz CT molecular complexity index is 1540. The Labute approximate surface area is 311 Å². The van der Waals surface area contributed by atoms with Crippen molar-refractivity contribution in [2.75, 3.05) is 5.73 Å². The molecule has 52 heavy (non-hydrogen) atoms. The molecule has 2 aromatic heterocycles. The van der Waals surface area contributed by atoms with Gasteiger partial charge in [0.25, 0.3) is 0 Å². The summed E-state index contributed by atoms with van der Waals surface area (Å²) in [6.07, 6.45) is 18.4. The summed E-state index contributed by atoms with van der Waals surface area (Å²) in [6, 6.07) is 18.2. The summed E-state index contributed by atoms with van der Waals surface area (Å²) in [5.74, 6) is -0.587. The van der Waals surface area contributed by atoms with E-state index >= 15 is 0 Å². The molecule has 1 fully saturated rings. The number of hydrogen-bond donors (Lipinski definition) is 5. The monoisotopic (exact) mass is 712 g/mol. The second-order valence-corrected chi connectivity index (χ2v) is 16.0. The van der Waals surface area contributed by atoms with E-state index in [0.717, 1.165) is 68.3 Å². The first-order chi connectivity index (χ1) is 25.1. The minimum atomic E-state index is -1.05. The highest BCUT2D eigenvalue weighted by Gasteiger charge is 2.45. The summed E-state index contributed by atoms with van der Waals surface area (Å²) in [7, 11) is 0. The Hall–Kier alpha value is -3.46. The van der Waals surface area contributed by atoms with Gasteiger partial charge in [-0.25, -0.2) is 4.98 Å². The molecule has 6 N–H and O–H groups in total. The molecule has 2 aliphatic carbocycles. The molecule has 3 aromatic rings. The lowest BCUT2D eigenvalue weighted by molar-refractivity contribution is -0.146. The average molecular weight is 713 g/mol. The van der Waals surface area contributed by atoms with E-state index in [1.165, 1.54) is 24.8 Å². The molecule has 0 amide bonds. The van der Waals surface area contributed by atoms with Crippen molar-refractivity contribution in [1.82, 2.24) is 9.97 Å². The number of nitrogens with zero attached hydrogens (tertiary/aromatic N) is 2. The van der Waals surface area contributed by atoms with Crippen molar-refractivity contribution in [3.8, 4) is 0 Å². The zero-order chi connectivity index (χ0) is 36.9. The number of unbranched alkanes of at least 4 members (excludes halogenated alkanes) is 4. The van der Waals surface area contributed by atoms with Gasteiger partial charge in [-0.05, 0) is 112 Å². The van der Waals surface area contributed by atoms with Crippen molar-refractivity contribution < 1.29 is 25.2 Å². The van der Waals surface area contributed by atoms with Gasteiger partial charge in [0, 0.05) is 12.1 Å². The Balaban J connectivity index is 1.14. The van der Waals surface area contributed by atoms with E-state index < -0.39 is 23.6 Å². The maximum Gasteiger partial charge on any atom is 0.309 e. The largest absolute Gasteiger partial charge is 0.664 e. The molecule has 0 radical (unpaired) electrons. The molecule has 1 aromatic carbocycles. The Kier molecular flexibility index (Phi) is 15.0. The van der Waals surface area contributed by atoms with Gasteiger partial charge < -0.3 is 31.1 Å². The number of nitrogens with two attached hydrogens (primary N) is 1. The predicted molar refractivity (Wildman–Crippen MR) is 207 cm³/mol. The summed E-state index contributed by atoms with van der Waals surface area (Å²) in [5, 5.41) is 44.3. The van der Waals surface area contributed by atoms with Gasteiger partial charge >= 0.3 is 5.97 Å². The van der Waals surface area contributed by atoms with Gasteiger partial charge in [-0.3, -0.25) is 4.79 Å². The quantitative estimate of drug-likeness (QED) is 0.0558. The van der Waals surface area contributed by atoms with Gasteiger partial charge in [-0.15, -0.1) is 0 Å². The molecule has 8 heteroatoms. The first kappa shape index (κ1) is 39.7. The van der Waals surface area contributed by atoms with Crippen LogP contribution in [-0.4, -0.2) is 49.2 Å². The fourth-order valence-corrected chi connectivity index (χ4v) is 8.93. The van der Waals surface area contributed by atoms with Crippen LogP contribution in [0.3, 0.4) is 0 Å². The van der Waals surface area contributed by atoms with E-state index in [0.29, 0.717) is 43.8 Å². The smallest absolute Gasteiger partial charge is 0.309 e. The van der Waals surface area contributed by atoms with Gasteiger partial charge in [0.15, 0.2) is 0 Å². The van der Waals surface area contributed by atoms with E-state index in [4.69, 9.17) is 10.7 Å². The van der Waals surface area contributed by atoms with E-state index in [-0.39, 0.29) is 30.3 Å². The summed E-state index contributed by atoms with van der Waals surface area (Å²) >= 11 is 0. The number of nitrogen functional groups attached to an aromatic ring is 1. The summed E-state index contributed by atoms with van der Waals surface area (Å²) in [6.45, 7) is 2.21. The lowest BCUT2D eigenvalue weighted by atomic mass is 9.80. The Morgan fingerprint density at radius 1 is 0.942 bits per heavy atom. The third-order valence-corrected chi connectivity index (χ3v) is 11.9. The van der Waals surface area contributed by atoms with Crippen LogP contribution in [-0.2, 0) is 24.1 Å². The molecule has 8 atom stereocenters. The van der Waals surface area contributed by atoms with Crippen molar-refractivity contribution in [2.24, 2.45) is 29.6 Å². The predicted octanol–water partition coefficient (Wildman–Crippen LogP) is 7.68. The SMILES string of the molecule is CCCCC[C@@H]1C=C[C@@H](CCCCC[C@H](C(=O)O)[C@H](O)CC[C@]2(O)C[C@H](Cc3ccnc(N)c3)C[C@H]2Cc2ccc(Cc3ccccc3)[n-]2)[C@H](O)C1. The van der Waals surface area contributed by atoms with E-state index in [1.54, 1.807) is 6.20 Å². The number of pyridine rings is 1. The molecule has 8 nitrogen and oxygen atoms in total. The lowest BCUT2D eigenvalue weighted by Crippen LogP contribution is -2.37. The van der Waals surface area contributed by atoms with Crippen LogP contribution in [0.15, 0.2) is 72.9 Å². The normalized spacial score (nSPS) is 25.7. The fourth-order valence-electron chi connectivity index (χ4n) is 8.93. The zero-order valence-corrected chi connectivity index (χ0v) is 31.2. The number of aliphatic hydroxyl groups excluding tert-OH is 2. The third kappa shape index (κ3) is 11.8. The minimum absolute atomic E-state index is 0.0672. The van der Waals surface area contributed by atoms with Crippen LogP contribution in [0.2, 0.25) is 0 Å². The molecule has 284 valence electrons. The average Bonchev–Trinajstić information content (AvgIpc) is 3.69. The topological polar surface area (TPSA) is 151 Å². The summed E-state index contributed by atoms with van der Waals surface area (Å²) in [4.78, 5) is 21.4. The Morgan fingerprint density at radius 3 is 2.48 bits per heavy atom. The number of carboxylic acids is 1. The molecular formula is C44H62N3O5-. The summed E-state index contributed by atoms with van der Waals surface area (Å²) in [5.41, 5.74) is 9.16. The number of aliphatic carboxylic acids is 1. The van der Waals surface area contributed by atoms with Crippen LogP contribution >= 0.6 is 0 Å². The Morgan fingerprint density at radius 2 is 1.73 bits per heavy atom. The van der Waals surface area contributed by atoms with Crippen molar-refractivity contribution in [2.45, 2.75) is 134 Å². The van der Waals surface area contributed by atoms with Gasteiger partial charge in [-0.2, -0.15) is 11.4 Å². The molecule has 5 rings (SSSR count). The molecule has 1 saturated carbocycles. The minimum Gasteiger partial charge on any atom is -0.664 e. The van der Waals surface area contributed by atoms with E-state index in [9.17, 15) is 25.2 Å². The van der Waals surface area contributed by atoms with Gasteiger partial charge in [0.2, 0.25) is 0 Å². The zero-order valence-electron chi connectivity index (χ0n) is 31.2. The number of carbonyl (C=O) groups is 1. The van der Waals surface area contributed by atoms with Gasteiger partial charge in [-0.1, -0.05) is 100 Å². The van der Waals surface area contributed by atoms with Crippen LogP contribution in [0.25, 0.3) is 0 Å². The first-order valence-corrected chi connectivity index (χ1v) is 20.0. The lowest BCUT2D eigenvalue weighted by Gasteiger charge is -2.33. The number of benzene rings is 1. The van der Waals surface area contributed by atoms with Crippen LogP contribution in [0, 0.1) is 29.6 Å². The first-order valence-electron chi connectivity index (χ1n) is 20.0. The van der Waals surface area contributed by atoms with E-state index in [2.05, 4.69) is 48.3 Å². The highest BCUT2D eigenvalue weighted by Crippen LogP contribution is 2.46. The van der Waals surface area contributed by atoms with Crippen molar-refractivity contribution in [3.05, 3.63) is 95.5 Å². The summed E-state index contributed by atoms with van der Waals surface area (Å²) < 4.78 is 0. The maximum absolute atomic E-state index is 12.3. The van der Waals surface area contributed by atoms with Gasteiger partial charge in [0.05, 0.1) is 23.7 Å². The number of aliphatic hydroxyl groups is 3. The number of hydrogen-bond acceptors (Lipinski definition) is 6. The van der Waals surface area contributed by atoms with Crippen LogP contribution in [0.5, 0.6) is 0 Å². The van der Waals surface area contributed by atoms with Crippen LogP contribution in [0.1, 0.15) is 119 Å². The molecule has 0 bridgehead atoms. The van der Waals surface area contributed by atoms with Crippen LogP contribution < -0.4 is 10.7 Å². The molecule has 0 saturated heterocycles. The number of rotatable bonds is 21. The molecule has 2 heterocycles. The third-order valence-electron chi connectivity index (χ3n) is 11.9. The van der Waals surface area contributed by atoms with E-state index in [1.807, 2.05) is 30.3 Å². The van der Waals surface area contributed by atoms with Crippen molar-refractivity contribution in [1.29, 1.82) is 0 Å². The molecule has 2 aliphatic rings. The van der Waals surface area contributed by atoms with Gasteiger partial charge in [0.1, 0.15) is 5.82 Å². The molecule has 0 spiro atoms. The molecule has 0 aliphatic heterocycles. The fraction of sp³-hybridized carbons (Fsp3) is 0.591. The number of anilines is 1. The number of aromatic nitrogens is 2.